The van der Waals surface area contributed by atoms with E-state index >= 15 is 0 Å². The minimum Gasteiger partial charge on any atom is -0.244 e. The van der Waals surface area contributed by atoms with Crippen LogP contribution in [0.4, 0.5) is 4.39 Å². The third-order valence-corrected chi connectivity index (χ3v) is 1.00. The predicted octanol–water partition coefficient (Wildman–Crippen LogP) is -0.193. The monoisotopic (exact) mass is 131 g/mol. The summed E-state index contributed by atoms with van der Waals surface area (Å²) in [5.41, 5.74) is -0.509. The van der Waals surface area contributed by atoms with Gasteiger partial charge in [0.1, 0.15) is 5.82 Å². The molecule has 0 amide bonds. The maximum absolute atomic E-state index is 11.8. The van der Waals surface area contributed by atoms with E-state index in [1.165, 1.54) is 0 Å². The fraction of sp³-hybridized carbons (Fsp3) is 0.500. The summed E-state index contributed by atoms with van der Waals surface area (Å²) in [4.78, 5) is 13.7. The van der Waals surface area contributed by atoms with Crippen LogP contribution in [0, 0.1) is 6.92 Å². The summed E-state index contributed by atoms with van der Waals surface area (Å²) in [5, 5.41) is 2.17. The molecule has 0 radical (unpaired) electrons. The highest BCUT2D eigenvalue weighted by atomic mass is 19.1. The first-order valence-electron chi connectivity index (χ1n) is 2.43. The van der Waals surface area contributed by atoms with E-state index in [0.717, 1.165) is 4.68 Å². The Labute approximate surface area is 50.3 Å². The lowest BCUT2D eigenvalue weighted by Gasteiger charge is -1.91. The zero-order chi connectivity index (χ0) is 6.85. The second kappa shape index (κ2) is 2.00. The lowest BCUT2D eigenvalue weighted by molar-refractivity contribution is 0.342. The van der Waals surface area contributed by atoms with E-state index in [-0.39, 0.29) is 0 Å². The van der Waals surface area contributed by atoms with Crippen molar-refractivity contribution in [2.45, 2.75) is 13.7 Å². The minimum absolute atomic E-state index is 0.363. The first kappa shape index (κ1) is 6.00. The Kier molecular flexibility index (Phi) is 1.33. The van der Waals surface area contributed by atoms with E-state index in [1.54, 1.807) is 6.92 Å². The van der Waals surface area contributed by atoms with Crippen molar-refractivity contribution in [3.05, 3.63) is 16.3 Å². The molecule has 1 heterocycles. The molecule has 0 unspecified atom stereocenters. The fourth-order valence-electron chi connectivity index (χ4n) is 0.545. The summed E-state index contributed by atoms with van der Waals surface area (Å²) >= 11 is 0. The van der Waals surface area contributed by atoms with Gasteiger partial charge < -0.3 is 0 Å². The van der Waals surface area contributed by atoms with Crippen molar-refractivity contribution in [3.8, 4) is 0 Å². The second-order valence-corrected chi connectivity index (χ2v) is 1.62. The van der Waals surface area contributed by atoms with Crippen LogP contribution in [0.2, 0.25) is 0 Å². The first-order chi connectivity index (χ1) is 4.24. The highest BCUT2D eigenvalue weighted by Gasteiger charge is 1.96. The van der Waals surface area contributed by atoms with E-state index in [1.807, 2.05) is 0 Å². The molecule has 50 valence electrons. The summed E-state index contributed by atoms with van der Waals surface area (Å²) in [5.74, 6) is 0.363. The van der Waals surface area contributed by atoms with Gasteiger partial charge in [-0.3, -0.25) is 0 Å². The molecule has 0 atom stereocenters. The van der Waals surface area contributed by atoms with Gasteiger partial charge in [-0.1, -0.05) is 0 Å². The van der Waals surface area contributed by atoms with Crippen molar-refractivity contribution in [2.75, 3.05) is 0 Å². The van der Waals surface area contributed by atoms with Crippen LogP contribution in [0.25, 0.3) is 0 Å². The topological polar surface area (TPSA) is 50.7 Å². The molecule has 1 rings (SSSR count). The lowest BCUT2D eigenvalue weighted by Crippen LogP contribution is -2.04. The third-order valence-electron chi connectivity index (χ3n) is 1.00. The molecule has 1 N–H and O–H groups in total. The van der Waals surface area contributed by atoms with Gasteiger partial charge in [0.15, 0.2) is 6.80 Å². The molecule has 0 bridgehead atoms. The van der Waals surface area contributed by atoms with Gasteiger partial charge in [0, 0.05) is 0 Å². The summed E-state index contributed by atoms with van der Waals surface area (Å²) < 4.78 is 12.8. The van der Waals surface area contributed by atoms with Crippen molar-refractivity contribution in [3.63, 3.8) is 0 Å². The van der Waals surface area contributed by atoms with Crippen molar-refractivity contribution < 1.29 is 4.39 Å². The quantitative estimate of drug-likeness (QED) is 0.574. The number of aromatic nitrogens is 3. The Hall–Kier alpha value is -1.13. The molecule has 0 fully saturated rings. The minimum atomic E-state index is -0.735. The average Bonchev–Trinajstić information content (AvgIpc) is 2.10. The standard InChI is InChI=1S/C4H6FN3O/c1-3-6-4(9)7-8(3)2-5/h2H2,1H3,(H,7,9). The smallest absolute Gasteiger partial charge is 0.244 e. The molecule has 0 aromatic carbocycles. The molecule has 1 aromatic rings. The summed E-state index contributed by atoms with van der Waals surface area (Å²) in [6.07, 6.45) is 0. The van der Waals surface area contributed by atoms with Crippen molar-refractivity contribution in [1.29, 1.82) is 0 Å². The summed E-state index contributed by atoms with van der Waals surface area (Å²) in [6, 6.07) is 0. The number of nitrogens with zero attached hydrogens (tertiary/aromatic N) is 2. The summed E-state index contributed by atoms with van der Waals surface area (Å²) in [6.45, 7) is 0.818. The van der Waals surface area contributed by atoms with Crippen LogP contribution in [-0.4, -0.2) is 14.8 Å². The highest BCUT2D eigenvalue weighted by molar-refractivity contribution is 4.77. The van der Waals surface area contributed by atoms with Crippen LogP contribution in [-0.2, 0) is 6.80 Å². The Balaban J connectivity index is 3.16. The molecule has 0 spiro atoms. The maximum Gasteiger partial charge on any atom is 0.361 e. The number of rotatable bonds is 1. The number of alkyl halides is 1. The third kappa shape index (κ3) is 0.984. The fourth-order valence-corrected chi connectivity index (χ4v) is 0.545. The molecule has 0 aliphatic carbocycles. The number of nitrogens with one attached hydrogen (secondary N) is 1. The Morgan fingerprint density at radius 1 is 1.89 bits per heavy atom. The molecule has 5 heteroatoms. The largest absolute Gasteiger partial charge is 0.361 e. The van der Waals surface area contributed by atoms with Crippen LogP contribution in [0.1, 0.15) is 5.82 Å². The number of aromatic amines is 1. The van der Waals surface area contributed by atoms with Gasteiger partial charge >= 0.3 is 5.69 Å². The van der Waals surface area contributed by atoms with Gasteiger partial charge in [0.2, 0.25) is 0 Å². The van der Waals surface area contributed by atoms with Gasteiger partial charge in [-0.15, -0.1) is 0 Å². The molecule has 0 aliphatic heterocycles. The van der Waals surface area contributed by atoms with Gasteiger partial charge in [-0.25, -0.2) is 19.0 Å². The molecule has 1 aromatic heterocycles. The molecule has 9 heavy (non-hydrogen) atoms. The molecule has 0 saturated carbocycles. The van der Waals surface area contributed by atoms with E-state index < -0.39 is 12.5 Å². The van der Waals surface area contributed by atoms with Crippen LogP contribution < -0.4 is 5.69 Å². The number of H-pyrrole nitrogens is 1. The van der Waals surface area contributed by atoms with E-state index in [9.17, 15) is 9.18 Å². The number of hydrogen-bond acceptors (Lipinski definition) is 2. The SMILES string of the molecule is Cc1nc(=O)[nH]n1CF. The van der Waals surface area contributed by atoms with Crippen molar-refractivity contribution in [2.24, 2.45) is 0 Å². The van der Waals surface area contributed by atoms with Crippen LogP contribution >= 0.6 is 0 Å². The molecule has 4 nitrogen and oxygen atoms in total. The Morgan fingerprint density at radius 2 is 2.56 bits per heavy atom. The second-order valence-electron chi connectivity index (χ2n) is 1.62. The van der Waals surface area contributed by atoms with E-state index in [0.29, 0.717) is 5.82 Å². The maximum atomic E-state index is 11.8. The number of hydrogen-bond donors (Lipinski definition) is 1. The van der Waals surface area contributed by atoms with Gasteiger partial charge in [0.25, 0.3) is 0 Å². The van der Waals surface area contributed by atoms with Crippen LogP contribution in [0.15, 0.2) is 4.79 Å². The van der Waals surface area contributed by atoms with Crippen LogP contribution in [0.3, 0.4) is 0 Å². The zero-order valence-electron chi connectivity index (χ0n) is 4.89. The molecule has 0 saturated heterocycles. The van der Waals surface area contributed by atoms with Crippen molar-refractivity contribution >= 4 is 0 Å². The molecule has 0 aliphatic rings. The lowest BCUT2D eigenvalue weighted by atomic mass is 10.7. The normalized spacial score (nSPS) is 10.0. The van der Waals surface area contributed by atoms with Gasteiger partial charge in [0.05, 0.1) is 0 Å². The Morgan fingerprint density at radius 3 is 2.78 bits per heavy atom. The number of halogens is 1. The van der Waals surface area contributed by atoms with Gasteiger partial charge in [-0.05, 0) is 6.92 Å². The van der Waals surface area contributed by atoms with Crippen molar-refractivity contribution in [1.82, 2.24) is 14.8 Å². The zero-order valence-corrected chi connectivity index (χ0v) is 4.89. The van der Waals surface area contributed by atoms with Gasteiger partial charge in [-0.2, -0.15) is 4.98 Å². The van der Waals surface area contributed by atoms with E-state index in [2.05, 4.69) is 10.1 Å². The first-order valence-corrected chi connectivity index (χ1v) is 2.43. The molecular formula is C4H6FN3O. The van der Waals surface area contributed by atoms with Crippen LogP contribution in [0.5, 0.6) is 0 Å². The highest BCUT2D eigenvalue weighted by Crippen LogP contribution is 1.85. The number of aryl methyl sites for hydroxylation is 1. The Bertz CT molecular complexity index is 251. The predicted molar refractivity (Wildman–Crippen MR) is 28.7 cm³/mol. The van der Waals surface area contributed by atoms with E-state index in [4.69, 9.17) is 0 Å². The average molecular weight is 131 g/mol. The summed E-state index contributed by atoms with van der Waals surface area (Å²) in [7, 11) is 0. The molecular weight excluding hydrogens is 125 g/mol.